The molecule has 0 spiro atoms. The van der Waals surface area contributed by atoms with E-state index in [1.54, 1.807) is 0 Å². The van der Waals surface area contributed by atoms with Crippen molar-refractivity contribution in [3.63, 3.8) is 0 Å². The number of hydrogen-bond acceptors (Lipinski definition) is 1. The summed E-state index contributed by atoms with van der Waals surface area (Å²) in [5.74, 6) is 0. The van der Waals surface area contributed by atoms with Crippen molar-refractivity contribution in [3.8, 4) is 0 Å². The van der Waals surface area contributed by atoms with Gasteiger partial charge in [-0.05, 0) is 36.9 Å². The van der Waals surface area contributed by atoms with Crippen molar-refractivity contribution in [3.05, 3.63) is 35.4 Å². The Balaban J connectivity index is 2.20. The number of benzene rings is 1. The molecule has 0 radical (unpaired) electrons. The van der Waals surface area contributed by atoms with Gasteiger partial charge < -0.3 is 5.32 Å². The number of rotatable bonds is 2. The molecular formula is C13H19N. The summed E-state index contributed by atoms with van der Waals surface area (Å²) in [4.78, 5) is 0. The summed E-state index contributed by atoms with van der Waals surface area (Å²) in [7, 11) is 0. The summed E-state index contributed by atoms with van der Waals surface area (Å²) in [6, 6.07) is 9.45. The Bertz CT molecular complexity index is 287. The van der Waals surface area contributed by atoms with Crippen LogP contribution in [0.3, 0.4) is 0 Å². The van der Waals surface area contributed by atoms with Gasteiger partial charge in [0.1, 0.15) is 0 Å². The third-order valence-corrected chi connectivity index (χ3v) is 3.12. The highest BCUT2D eigenvalue weighted by molar-refractivity contribution is 5.30. The predicted molar refractivity (Wildman–Crippen MR) is 60.4 cm³/mol. The molecule has 1 aromatic rings. The van der Waals surface area contributed by atoms with Gasteiger partial charge in [-0.3, -0.25) is 0 Å². The molecule has 0 aliphatic carbocycles. The van der Waals surface area contributed by atoms with Gasteiger partial charge in [0, 0.05) is 6.04 Å². The first-order chi connectivity index (χ1) is 6.92. The van der Waals surface area contributed by atoms with Crippen LogP contribution in [0, 0.1) is 0 Å². The Morgan fingerprint density at radius 1 is 1.29 bits per heavy atom. The summed E-state index contributed by atoms with van der Waals surface area (Å²) < 4.78 is 0. The molecule has 0 amide bonds. The van der Waals surface area contributed by atoms with Crippen LogP contribution >= 0.6 is 0 Å². The second-order valence-electron chi connectivity index (χ2n) is 4.05. The van der Waals surface area contributed by atoms with E-state index < -0.39 is 0 Å². The van der Waals surface area contributed by atoms with Crippen LogP contribution in [0.25, 0.3) is 0 Å². The van der Waals surface area contributed by atoms with Crippen molar-refractivity contribution in [2.75, 3.05) is 6.54 Å². The topological polar surface area (TPSA) is 12.0 Å². The fourth-order valence-electron chi connectivity index (χ4n) is 2.31. The molecule has 0 saturated carbocycles. The SMILES string of the molecule is CCc1ccccc1[C@H]1CCCCN1. The molecule has 1 aliphatic heterocycles. The molecule has 2 rings (SSSR count). The largest absolute Gasteiger partial charge is 0.310 e. The maximum absolute atomic E-state index is 3.61. The number of hydrogen-bond donors (Lipinski definition) is 1. The van der Waals surface area contributed by atoms with Gasteiger partial charge in [-0.15, -0.1) is 0 Å². The van der Waals surface area contributed by atoms with E-state index in [1.807, 2.05) is 0 Å². The molecule has 1 saturated heterocycles. The van der Waals surface area contributed by atoms with E-state index in [0.29, 0.717) is 6.04 Å². The fraction of sp³-hybridized carbons (Fsp3) is 0.538. The minimum Gasteiger partial charge on any atom is -0.310 e. The Morgan fingerprint density at radius 2 is 2.14 bits per heavy atom. The van der Waals surface area contributed by atoms with Gasteiger partial charge in [0.25, 0.3) is 0 Å². The summed E-state index contributed by atoms with van der Waals surface area (Å²) in [5.41, 5.74) is 3.03. The minimum absolute atomic E-state index is 0.611. The van der Waals surface area contributed by atoms with Crippen LogP contribution in [0.2, 0.25) is 0 Å². The lowest BCUT2D eigenvalue weighted by molar-refractivity contribution is 0.410. The van der Waals surface area contributed by atoms with Crippen molar-refractivity contribution in [1.82, 2.24) is 5.32 Å². The van der Waals surface area contributed by atoms with Crippen molar-refractivity contribution >= 4 is 0 Å². The van der Waals surface area contributed by atoms with Gasteiger partial charge in [-0.1, -0.05) is 37.6 Å². The van der Waals surface area contributed by atoms with E-state index in [-0.39, 0.29) is 0 Å². The summed E-state index contributed by atoms with van der Waals surface area (Å²) in [6.45, 7) is 3.42. The van der Waals surface area contributed by atoms with E-state index >= 15 is 0 Å². The summed E-state index contributed by atoms with van der Waals surface area (Å²) >= 11 is 0. The van der Waals surface area contributed by atoms with E-state index in [2.05, 4.69) is 36.5 Å². The van der Waals surface area contributed by atoms with E-state index in [9.17, 15) is 0 Å². The molecule has 1 heterocycles. The first-order valence-corrected chi connectivity index (χ1v) is 5.73. The molecule has 1 N–H and O–H groups in total. The Morgan fingerprint density at radius 3 is 2.86 bits per heavy atom. The van der Waals surface area contributed by atoms with Crippen LogP contribution in [-0.4, -0.2) is 6.54 Å². The van der Waals surface area contributed by atoms with Crippen molar-refractivity contribution < 1.29 is 0 Å². The van der Waals surface area contributed by atoms with Crippen molar-refractivity contribution in [2.24, 2.45) is 0 Å². The van der Waals surface area contributed by atoms with Crippen molar-refractivity contribution in [2.45, 2.75) is 38.6 Å². The van der Waals surface area contributed by atoms with Crippen LogP contribution in [0.1, 0.15) is 43.4 Å². The summed E-state index contributed by atoms with van der Waals surface area (Å²) in [5, 5.41) is 3.61. The molecule has 14 heavy (non-hydrogen) atoms. The van der Waals surface area contributed by atoms with Crippen LogP contribution in [0.5, 0.6) is 0 Å². The predicted octanol–water partition coefficient (Wildman–Crippen LogP) is 3.06. The second kappa shape index (κ2) is 4.61. The van der Waals surface area contributed by atoms with Gasteiger partial charge in [0.2, 0.25) is 0 Å². The lowest BCUT2D eigenvalue weighted by atomic mass is 9.93. The monoisotopic (exact) mass is 189 g/mol. The maximum Gasteiger partial charge on any atom is 0.0322 e. The number of aryl methyl sites for hydroxylation is 1. The first-order valence-electron chi connectivity index (χ1n) is 5.73. The fourth-order valence-corrected chi connectivity index (χ4v) is 2.31. The molecule has 0 bridgehead atoms. The zero-order valence-corrected chi connectivity index (χ0v) is 8.92. The Hall–Kier alpha value is -0.820. The number of piperidine rings is 1. The summed E-state index contributed by atoms with van der Waals surface area (Å²) in [6.07, 6.45) is 5.16. The van der Waals surface area contributed by atoms with Crippen LogP contribution in [0.4, 0.5) is 0 Å². The van der Waals surface area contributed by atoms with E-state index in [4.69, 9.17) is 0 Å². The zero-order valence-electron chi connectivity index (χ0n) is 8.92. The quantitative estimate of drug-likeness (QED) is 0.754. The minimum atomic E-state index is 0.611. The molecular weight excluding hydrogens is 170 g/mol. The van der Waals surface area contributed by atoms with Gasteiger partial charge in [0.15, 0.2) is 0 Å². The standard InChI is InChI=1S/C13H19N/c1-2-11-7-3-4-8-12(11)13-9-5-6-10-14-13/h3-4,7-8,13-14H,2,5-6,9-10H2,1H3/t13-/m1/s1. The maximum atomic E-state index is 3.61. The normalized spacial score (nSPS) is 22.2. The molecule has 76 valence electrons. The van der Waals surface area contributed by atoms with Gasteiger partial charge >= 0.3 is 0 Å². The van der Waals surface area contributed by atoms with Crippen LogP contribution < -0.4 is 5.32 Å². The first kappa shape index (κ1) is 9.72. The average molecular weight is 189 g/mol. The molecule has 1 heteroatoms. The second-order valence-corrected chi connectivity index (χ2v) is 4.05. The highest BCUT2D eigenvalue weighted by Gasteiger charge is 2.16. The van der Waals surface area contributed by atoms with Crippen LogP contribution in [0.15, 0.2) is 24.3 Å². The number of nitrogens with one attached hydrogen (secondary N) is 1. The molecule has 1 nitrogen and oxygen atoms in total. The highest BCUT2D eigenvalue weighted by Crippen LogP contribution is 2.25. The highest BCUT2D eigenvalue weighted by atomic mass is 14.9. The molecule has 1 fully saturated rings. The molecule has 1 aromatic carbocycles. The van der Waals surface area contributed by atoms with Gasteiger partial charge in [-0.2, -0.15) is 0 Å². The van der Waals surface area contributed by atoms with E-state index in [0.717, 1.165) is 6.42 Å². The molecule has 1 atom stereocenters. The van der Waals surface area contributed by atoms with Gasteiger partial charge in [0.05, 0.1) is 0 Å². The molecule has 0 aromatic heterocycles. The molecule has 1 aliphatic rings. The third-order valence-electron chi connectivity index (χ3n) is 3.12. The third kappa shape index (κ3) is 1.98. The smallest absolute Gasteiger partial charge is 0.0322 e. The van der Waals surface area contributed by atoms with Crippen LogP contribution in [-0.2, 0) is 6.42 Å². The van der Waals surface area contributed by atoms with Crippen molar-refractivity contribution in [1.29, 1.82) is 0 Å². The van der Waals surface area contributed by atoms with Gasteiger partial charge in [-0.25, -0.2) is 0 Å². The van der Waals surface area contributed by atoms with E-state index in [1.165, 1.54) is 36.9 Å². The lowest BCUT2D eigenvalue weighted by Gasteiger charge is -2.25. The molecule has 0 unspecified atom stereocenters. The average Bonchev–Trinajstić information content (AvgIpc) is 2.30. The lowest BCUT2D eigenvalue weighted by Crippen LogP contribution is -2.27. The zero-order chi connectivity index (χ0) is 9.80. The Kier molecular flexibility index (Phi) is 3.20. The Labute approximate surface area is 86.5 Å².